The largest absolute Gasteiger partial charge is 0.502 e. The van der Waals surface area contributed by atoms with Gasteiger partial charge in [-0.3, -0.25) is 10.1 Å². The Morgan fingerprint density at radius 3 is 2.88 bits per heavy atom. The first kappa shape index (κ1) is 10.8. The zero-order chi connectivity index (χ0) is 11.7. The molecule has 0 saturated carbocycles. The minimum absolute atomic E-state index is 0.126. The predicted molar refractivity (Wildman–Crippen MR) is 54.7 cm³/mol. The molecular weight excluding hydrogens is 215 g/mol. The van der Waals surface area contributed by atoms with Crippen molar-refractivity contribution in [2.75, 3.05) is 6.54 Å². The highest BCUT2D eigenvalue weighted by Crippen LogP contribution is 2.38. The van der Waals surface area contributed by atoms with E-state index in [1.165, 1.54) is 6.07 Å². The van der Waals surface area contributed by atoms with Crippen molar-refractivity contribution < 1.29 is 14.4 Å². The molecule has 1 fully saturated rings. The third kappa shape index (κ3) is 1.71. The summed E-state index contributed by atoms with van der Waals surface area (Å²) in [5.74, 6) is -1.58. The molecule has 16 heavy (non-hydrogen) atoms. The van der Waals surface area contributed by atoms with Gasteiger partial charge < -0.3 is 10.4 Å². The molecule has 2 N–H and O–H groups in total. The molecule has 2 rings (SSSR count). The highest BCUT2D eigenvalue weighted by Gasteiger charge is 2.28. The van der Waals surface area contributed by atoms with Crippen LogP contribution in [-0.4, -0.2) is 16.6 Å². The average molecular weight is 226 g/mol. The SMILES string of the molecule is O=[N+]([O-])c1c(F)ccc([C@@H]2CCCN2)c1O. The van der Waals surface area contributed by atoms with Gasteiger partial charge in [0.1, 0.15) is 0 Å². The number of benzene rings is 1. The van der Waals surface area contributed by atoms with E-state index in [1.807, 2.05) is 0 Å². The molecule has 1 aliphatic heterocycles. The highest BCUT2D eigenvalue weighted by molar-refractivity contribution is 5.53. The van der Waals surface area contributed by atoms with Gasteiger partial charge in [-0.1, -0.05) is 6.07 Å². The maximum Gasteiger partial charge on any atom is 0.346 e. The third-order valence-corrected chi connectivity index (χ3v) is 2.75. The van der Waals surface area contributed by atoms with Gasteiger partial charge in [-0.15, -0.1) is 0 Å². The van der Waals surface area contributed by atoms with Crippen LogP contribution in [0, 0.1) is 15.9 Å². The van der Waals surface area contributed by atoms with Gasteiger partial charge in [-0.05, 0) is 25.5 Å². The van der Waals surface area contributed by atoms with Crippen molar-refractivity contribution >= 4 is 5.69 Å². The number of rotatable bonds is 2. The number of nitrogens with zero attached hydrogens (tertiary/aromatic N) is 1. The lowest BCUT2D eigenvalue weighted by Gasteiger charge is -2.12. The van der Waals surface area contributed by atoms with Crippen LogP contribution in [0.15, 0.2) is 12.1 Å². The monoisotopic (exact) mass is 226 g/mol. The van der Waals surface area contributed by atoms with Gasteiger partial charge in [0.15, 0.2) is 0 Å². The minimum Gasteiger partial charge on any atom is -0.502 e. The zero-order valence-electron chi connectivity index (χ0n) is 8.44. The van der Waals surface area contributed by atoms with Crippen molar-refractivity contribution in [1.29, 1.82) is 0 Å². The van der Waals surface area contributed by atoms with Gasteiger partial charge in [0.05, 0.1) is 4.92 Å². The number of hydrogen-bond acceptors (Lipinski definition) is 4. The van der Waals surface area contributed by atoms with Crippen LogP contribution >= 0.6 is 0 Å². The summed E-state index contributed by atoms with van der Waals surface area (Å²) in [5, 5.41) is 23.4. The number of nitro benzene ring substituents is 1. The second kappa shape index (κ2) is 4.05. The molecule has 0 radical (unpaired) electrons. The summed E-state index contributed by atoms with van der Waals surface area (Å²) in [6, 6.07) is 2.28. The Labute approximate surface area is 91.0 Å². The number of nitro groups is 1. The second-order valence-electron chi connectivity index (χ2n) is 3.74. The molecule has 0 spiro atoms. The topological polar surface area (TPSA) is 75.4 Å². The lowest BCUT2D eigenvalue weighted by molar-refractivity contribution is -0.388. The van der Waals surface area contributed by atoms with E-state index in [0.29, 0.717) is 5.56 Å². The molecular formula is C10H11FN2O3. The Balaban J connectivity index is 2.47. The van der Waals surface area contributed by atoms with Crippen LogP contribution in [-0.2, 0) is 0 Å². The Kier molecular flexibility index (Phi) is 2.74. The summed E-state index contributed by atoms with van der Waals surface area (Å²) in [5.41, 5.74) is -0.447. The number of phenols is 1. The molecule has 5 nitrogen and oxygen atoms in total. The van der Waals surface area contributed by atoms with Crippen molar-refractivity contribution in [3.63, 3.8) is 0 Å². The average Bonchev–Trinajstić information content (AvgIpc) is 2.70. The standard InChI is InChI=1S/C10H11FN2O3/c11-7-4-3-6(8-2-1-5-12-8)10(14)9(7)13(15)16/h3-4,8,12,14H,1-2,5H2/t8-/m0/s1. The van der Waals surface area contributed by atoms with Crippen molar-refractivity contribution in [3.05, 3.63) is 33.6 Å². The zero-order valence-corrected chi connectivity index (χ0v) is 8.44. The number of aromatic hydroxyl groups is 1. The molecule has 1 atom stereocenters. The van der Waals surface area contributed by atoms with Gasteiger partial charge >= 0.3 is 5.69 Å². The van der Waals surface area contributed by atoms with Gasteiger partial charge in [0.2, 0.25) is 11.6 Å². The van der Waals surface area contributed by atoms with E-state index in [4.69, 9.17) is 0 Å². The molecule has 1 aromatic carbocycles. The normalized spacial score (nSPS) is 19.9. The molecule has 0 aromatic heterocycles. The van der Waals surface area contributed by atoms with Crippen LogP contribution in [0.3, 0.4) is 0 Å². The molecule has 0 aliphatic carbocycles. The van der Waals surface area contributed by atoms with E-state index >= 15 is 0 Å². The first-order valence-electron chi connectivity index (χ1n) is 5.00. The van der Waals surface area contributed by atoms with E-state index in [-0.39, 0.29) is 6.04 Å². The van der Waals surface area contributed by atoms with Crippen molar-refractivity contribution in [3.8, 4) is 5.75 Å². The van der Waals surface area contributed by atoms with Gasteiger partial charge in [-0.25, -0.2) is 0 Å². The van der Waals surface area contributed by atoms with Crippen LogP contribution < -0.4 is 5.32 Å². The first-order chi connectivity index (χ1) is 7.61. The predicted octanol–water partition coefficient (Wildman–Crippen LogP) is 1.86. The van der Waals surface area contributed by atoms with Crippen LogP contribution in [0.5, 0.6) is 5.75 Å². The number of nitrogens with one attached hydrogen (secondary N) is 1. The Hall–Kier alpha value is -1.69. The summed E-state index contributed by atoms with van der Waals surface area (Å²) in [6.07, 6.45) is 1.73. The van der Waals surface area contributed by atoms with Crippen LogP contribution in [0.4, 0.5) is 10.1 Å². The van der Waals surface area contributed by atoms with Gasteiger partial charge in [-0.2, -0.15) is 4.39 Å². The smallest absolute Gasteiger partial charge is 0.346 e. The van der Waals surface area contributed by atoms with E-state index in [1.54, 1.807) is 0 Å². The molecule has 1 saturated heterocycles. The number of hydrogen-bond donors (Lipinski definition) is 2. The second-order valence-corrected chi connectivity index (χ2v) is 3.74. The first-order valence-corrected chi connectivity index (χ1v) is 5.00. The van der Waals surface area contributed by atoms with Gasteiger partial charge in [0.25, 0.3) is 0 Å². The molecule has 1 aliphatic rings. The van der Waals surface area contributed by atoms with Crippen LogP contribution in [0.2, 0.25) is 0 Å². The summed E-state index contributed by atoms with van der Waals surface area (Å²) in [6.45, 7) is 0.801. The Morgan fingerprint density at radius 1 is 1.56 bits per heavy atom. The molecule has 86 valence electrons. The summed E-state index contributed by atoms with van der Waals surface area (Å²) >= 11 is 0. The highest BCUT2D eigenvalue weighted by atomic mass is 19.1. The lowest BCUT2D eigenvalue weighted by atomic mass is 10.0. The summed E-state index contributed by atoms with van der Waals surface area (Å²) < 4.78 is 13.1. The summed E-state index contributed by atoms with van der Waals surface area (Å²) in [7, 11) is 0. The van der Waals surface area contributed by atoms with Gasteiger partial charge in [0, 0.05) is 11.6 Å². The molecule has 0 unspecified atom stereocenters. The molecule has 6 heteroatoms. The minimum atomic E-state index is -1.01. The van der Waals surface area contributed by atoms with Crippen molar-refractivity contribution in [2.45, 2.75) is 18.9 Å². The molecule has 1 heterocycles. The molecule has 0 amide bonds. The van der Waals surface area contributed by atoms with E-state index in [2.05, 4.69) is 5.32 Å². The molecule has 1 aromatic rings. The van der Waals surface area contributed by atoms with E-state index < -0.39 is 22.2 Å². The Morgan fingerprint density at radius 2 is 2.31 bits per heavy atom. The maximum atomic E-state index is 13.1. The lowest BCUT2D eigenvalue weighted by Crippen LogP contribution is -2.13. The summed E-state index contributed by atoms with van der Waals surface area (Å²) in [4.78, 5) is 9.70. The number of phenolic OH excluding ortho intramolecular Hbond substituents is 1. The Bertz CT molecular complexity index is 430. The fourth-order valence-electron chi connectivity index (χ4n) is 1.98. The number of halogens is 1. The van der Waals surface area contributed by atoms with Crippen molar-refractivity contribution in [1.82, 2.24) is 5.32 Å². The fraction of sp³-hybridized carbons (Fsp3) is 0.400. The maximum absolute atomic E-state index is 13.1. The van der Waals surface area contributed by atoms with Crippen molar-refractivity contribution in [2.24, 2.45) is 0 Å². The third-order valence-electron chi connectivity index (χ3n) is 2.75. The van der Waals surface area contributed by atoms with Crippen LogP contribution in [0.25, 0.3) is 0 Å². The van der Waals surface area contributed by atoms with Crippen LogP contribution in [0.1, 0.15) is 24.4 Å². The van der Waals surface area contributed by atoms with E-state index in [0.717, 1.165) is 25.5 Å². The molecule has 0 bridgehead atoms. The van der Waals surface area contributed by atoms with E-state index in [9.17, 15) is 19.6 Å². The quantitative estimate of drug-likeness (QED) is 0.596. The fourth-order valence-corrected chi connectivity index (χ4v) is 1.98.